The molecule has 0 radical (unpaired) electrons. The topological polar surface area (TPSA) is 83.7 Å². The van der Waals surface area contributed by atoms with Gasteiger partial charge in [0.25, 0.3) is 5.91 Å². The Morgan fingerprint density at radius 3 is 2.57 bits per heavy atom. The van der Waals surface area contributed by atoms with E-state index < -0.39 is 0 Å². The summed E-state index contributed by atoms with van der Waals surface area (Å²) in [5.74, 6) is -0.0557. The van der Waals surface area contributed by atoms with Crippen LogP contribution in [0.3, 0.4) is 0 Å². The number of aliphatic hydroxyl groups is 1. The van der Waals surface area contributed by atoms with Crippen molar-refractivity contribution < 1.29 is 14.7 Å². The Morgan fingerprint density at radius 2 is 1.90 bits per heavy atom. The zero-order valence-corrected chi connectivity index (χ0v) is 17.7. The lowest BCUT2D eigenvalue weighted by Gasteiger charge is -2.10. The van der Waals surface area contributed by atoms with Crippen LogP contribution in [-0.4, -0.2) is 39.8 Å². The van der Waals surface area contributed by atoms with Gasteiger partial charge in [0.05, 0.1) is 15.9 Å². The molecular formula is C23H23N3O3S. The van der Waals surface area contributed by atoms with Crippen molar-refractivity contribution in [2.24, 2.45) is 5.92 Å². The average Bonchev–Trinajstić information content (AvgIpc) is 3.34. The van der Waals surface area contributed by atoms with Gasteiger partial charge in [0.1, 0.15) is 0 Å². The first-order valence-electron chi connectivity index (χ1n) is 9.92. The Balaban J connectivity index is 1.63. The summed E-state index contributed by atoms with van der Waals surface area (Å²) in [5.41, 5.74) is 4.05. The molecule has 0 aliphatic heterocycles. The Hall–Kier alpha value is -3.03. The molecule has 7 heteroatoms. The number of Topliss-reactive ketones (excluding diaryl/α,β-unsaturated/α-hetero) is 1. The predicted molar refractivity (Wildman–Crippen MR) is 119 cm³/mol. The summed E-state index contributed by atoms with van der Waals surface area (Å²) >= 11 is 1.54. The number of ketones is 1. The van der Waals surface area contributed by atoms with Crippen molar-refractivity contribution in [1.82, 2.24) is 14.7 Å². The minimum absolute atomic E-state index is 0.00574. The number of amides is 1. The van der Waals surface area contributed by atoms with Crippen LogP contribution in [0, 0.1) is 5.92 Å². The van der Waals surface area contributed by atoms with Crippen molar-refractivity contribution in [2.45, 2.75) is 19.8 Å². The molecule has 6 nitrogen and oxygen atoms in total. The van der Waals surface area contributed by atoms with E-state index in [4.69, 9.17) is 4.98 Å². The Kier molecular flexibility index (Phi) is 5.65. The van der Waals surface area contributed by atoms with Gasteiger partial charge in [-0.3, -0.25) is 14.0 Å². The molecule has 30 heavy (non-hydrogen) atoms. The zero-order chi connectivity index (χ0) is 21.3. The molecule has 0 aliphatic carbocycles. The highest BCUT2D eigenvalue weighted by molar-refractivity contribution is 7.23. The van der Waals surface area contributed by atoms with E-state index in [0.29, 0.717) is 17.5 Å². The maximum Gasteiger partial charge on any atom is 0.251 e. The van der Waals surface area contributed by atoms with Crippen LogP contribution in [0.4, 0.5) is 0 Å². The normalized spacial score (nSPS) is 12.4. The average molecular weight is 422 g/mol. The van der Waals surface area contributed by atoms with Gasteiger partial charge in [0.2, 0.25) is 0 Å². The summed E-state index contributed by atoms with van der Waals surface area (Å²) in [4.78, 5) is 29.8. The van der Waals surface area contributed by atoms with Gasteiger partial charge in [-0.2, -0.15) is 0 Å². The predicted octanol–water partition coefficient (Wildman–Crippen LogP) is 4.17. The van der Waals surface area contributed by atoms with Gasteiger partial charge in [-0.15, -0.1) is 0 Å². The quantitative estimate of drug-likeness (QED) is 0.439. The molecule has 1 atom stereocenters. The molecule has 4 aromatic rings. The first-order chi connectivity index (χ1) is 14.5. The number of rotatable bonds is 7. The van der Waals surface area contributed by atoms with Crippen molar-refractivity contribution in [3.63, 3.8) is 0 Å². The molecule has 2 aromatic carbocycles. The van der Waals surface area contributed by atoms with Gasteiger partial charge in [0, 0.05) is 43.0 Å². The van der Waals surface area contributed by atoms with Crippen molar-refractivity contribution in [2.75, 3.05) is 13.7 Å². The van der Waals surface area contributed by atoms with Crippen molar-refractivity contribution >= 4 is 38.2 Å². The molecule has 0 unspecified atom stereocenters. The largest absolute Gasteiger partial charge is 0.396 e. The number of hydrogen-bond acceptors (Lipinski definition) is 5. The van der Waals surface area contributed by atoms with Crippen molar-refractivity contribution in [3.05, 3.63) is 59.8 Å². The van der Waals surface area contributed by atoms with Crippen LogP contribution in [0.5, 0.6) is 0 Å². The molecule has 0 aliphatic rings. The third-order valence-electron chi connectivity index (χ3n) is 5.40. The van der Waals surface area contributed by atoms with Crippen molar-refractivity contribution in [3.8, 4) is 11.3 Å². The third kappa shape index (κ3) is 3.74. The number of carbonyl (C=O) groups is 2. The van der Waals surface area contributed by atoms with Gasteiger partial charge in [-0.1, -0.05) is 36.8 Å². The first kappa shape index (κ1) is 20.3. The van der Waals surface area contributed by atoms with E-state index in [1.807, 2.05) is 47.9 Å². The molecule has 0 bridgehead atoms. The van der Waals surface area contributed by atoms with Crippen LogP contribution in [0.15, 0.2) is 48.7 Å². The second-order valence-electron chi connectivity index (χ2n) is 7.30. The monoisotopic (exact) mass is 421 g/mol. The van der Waals surface area contributed by atoms with E-state index in [1.165, 1.54) is 11.3 Å². The maximum atomic E-state index is 12.5. The molecule has 0 saturated carbocycles. The second kappa shape index (κ2) is 8.38. The number of nitrogens with one attached hydrogen (secondary N) is 1. The SMILES string of the molecule is CC[C@@H](CO)CC(=O)c1ccc2c(c1)sc1nc(-c3ccc(C(=O)NC)cc3)cn12. The number of benzene rings is 2. The van der Waals surface area contributed by atoms with Crippen molar-refractivity contribution in [1.29, 1.82) is 0 Å². The van der Waals surface area contributed by atoms with Gasteiger partial charge in [-0.25, -0.2) is 4.98 Å². The fourth-order valence-electron chi connectivity index (χ4n) is 3.47. The molecule has 2 aromatic heterocycles. The lowest BCUT2D eigenvalue weighted by Crippen LogP contribution is -2.17. The zero-order valence-electron chi connectivity index (χ0n) is 16.9. The third-order valence-corrected chi connectivity index (χ3v) is 6.41. The van der Waals surface area contributed by atoms with E-state index in [2.05, 4.69) is 5.32 Å². The molecule has 0 spiro atoms. The molecule has 2 N–H and O–H groups in total. The van der Waals surface area contributed by atoms with E-state index >= 15 is 0 Å². The molecule has 0 fully saturated rings. The minimum Gasteiger partial charge on any atom is -0.396 e. The van der Waals surface area contributed by atoms with Crippen LogP contribution in [0.2, 0.25) is 0 Å². The fourth-order valence-corrected chi connectivity index (χ4v) is 4.52. The van der Waals surface area contributed by atoms with E-state index in [0.717, 1.165) is 32.9 Å². The van der Waals surface area contributed by atoms with E-state index in [-0.39, 0.29) is 24.2 Å². The first-order valence-corrected chi connectivity index (χ1v) is 10.7. The molecular weight excluding hydrogens is 398 g/mol. The summed E-state index contributed by atoms with van der Waals surface area (Å²) in [5, 5.41) is 12.0. The standard InChI is InChI=1S/C23H23N3O3S/c1-3-14(13-27)10-20(28)17-8-9-19-21(11-17)30-23-25-18(12-26(19)23)15-4-6-16(7-5-15)22(29)24-2/h4-9,11-12,14,27H,3,10,13H2,1-2H3,(H,24,29)/t14-/m1/s1. The van der Waals surface area contributed by atoms with E-state index in [1.54, 1.807) is 19.2 Å². The smallest absolute Gasteiger partial charge is 0.251 e. The Morgan fingerprint density at radius 1 is 1.17 bits per heavy atom. The number of fused-ring (bicyclic) bond motifs is 3. The number of aliphatic hydroxyl groups excluding tert-OH is 1. The van der Waals surface area contributed by atoms with Crippen LogP contribution < -0.4 is 5.32 Å². The molecule has 0 saturated heterocycles. The molecule has 4 rings (SSSR count). The van der Waals surface area contributed by atoms with E-state index in [9.17, 15) is 14.7 Å². The van der Waals surface area contributed by atoms with Gasteiger partial charge >= 0.3 is 0 Å². The summed E-state index contributed by atoms with van der Waals surface area (Å²) in [6, 6.07) is 13.1. The van der Waals surface area contributed by atoms with Gasteiger partial charge < -0.3 is 10.4 Å². The second-order valence-corrected chi connectivity index (χ2v) is 8.31. The number of aromatic nitrogens is 2. The summed E-state index contributed by atoms with van der Waals surface area (Å²) in [6.07, 6.45) is 3.12. The van der Waals surface area contributed by atoms with Crippen LogP contribution >= 0.6 is 11.3 Å². The molecule has 2 heterocycles. The lowest BCUT2D eigenvalue weighted by molar-refractivity contribution is 0.0932. The highest BCUT2D eigenvalue weighted by Gasteiger charge is 2.16. The number of thiazole rings is 1. The minimum atomic E-state index is -0.118. The number of imidazole rings is 1. The highest BCUT2D eigenvalue weighted by atomic mass is 32.1. The molecule has 154 valence electrons. The van der Waals surface area contributed by atoms with Gasteiger partial charge in [0.15, 0.2) is 10.7 Å². The highest BCUT2D eigenvalue weighted by Crippen LogP contribution is 2.30. The fraction of sp³-hybridized carbons (Fsp3) is 0.261. The number of nitrogens with zero attached hydrogens (tertiary/aromatic N) is 2. The maximum absolute atomic E-state index is 12.5. The van der Waals surface area contributed by atoms with Crippen LogP contribution in [0.1, 0.15) is 40.5 Å². The van der Waals surface area contributed by atoms with Crippen LogP contribution in [0.25, 0.3) is 26.4 Å². The molecule has 1 amide bonds. The number of hydrogen-bond donors (Lipinski definition) is 2. The summed E-state index contributed by atoms with van der Waals surface area (Å²) in [6.45, 7) is 2.01. The number of carbonyl (C=O) groups excluding carboxylic acids is 2. The van der Waals surface area contributed by atoms with Crippen LogP contribution in [-0.2, 0) is 0 Å². The summed E-state index contributed by atoms with van der Waals surface area (Å²) < 4.78 is 3.03. The lowest BCUT2D eigenvalue weighted by atomic mass is 9.97. The Bertz CT molecular complexity index is 1220. The Labute approximate surface area is 178 Å². The summed E-state index contributed by atoms with van der Waals surface area (Å²) in [7, 11) is 1.61. The van der Waals surface area contributed by atoms with Gasteiger partial charge in [-0.05, 0) is 36.2 Å².